The summed E-state index contributed by atoms with van der Waals surface area (Å²) in [6, 6.07) is 8.56. The Labute approximate surface area is 115 Å². The van der Waals surface area contributed by atoms with Gasteiger partial charge in [-0.05, 0) is 49.8 Å². The maximum Gasteiger partial charge on any atom is 0.118 e. The molecule has 0 saturated carbocycles. The minimum atomic E-state index is 0.275. The smallest absolute Gasteiger partial charge is 0.118 e. The van der Waals surface area contributed by atoms with Crippen LogP contribution in [0.3, 0.4) is 0 Å². The fraction of sp³-hybridized carbons (Fsp3) is 0.625. The van der Waals surface area contributed by atoms with E-state index < -0.39 is 0 Å². The van der Waals surface area contributed by atoms with Gasteiger partial charge in [-0.1, -0.05) is 12.1 Å². The largest absolute Gasteiger partial charge is 0.497 e. The van der Waals surface area contributed by atoms with E-state index in [2.05, 4.69) is 12.1 Å². The van der Waals surface area contributed by atoms with Gasteiger partial charge in [0.2, 0.25) is 0 Å². The van der Waals surface area contributed by atoms with Crippen molar-refractivity contribution >= 4 is 0 Å². The minimum absolute atomic E-state index is 0.275. The maximum atomic E-state index is 6.36. The van der Waals surface area contributed by atoms with Crippen LogP contribution in [0.4, 0.5) is 0 Å². The number of methoxy groups -OCH3 is 1. The number of nitrogens with two attached hydrogens (primary N) is 1. The zero-order valence-electron chi connectivity index (χ0n) is 11.5. The first-order valence-corrected chi connectivity index (χ1v) is 7.30. The molecule has 0 amide bonds. The zero-order valence-corrected chi connectivity index (χ0v) is 11.5. The van der Waals surface area contributed by atoms with E-state index in [1.165, 1.54) is 24.8 Å². The van der Waals surface area contributed by atoms with Crippen LogP contribution in [0.25, 0.3) is 0 Å². The average molecular weight is 261 g/mol. The summed E-state index contributed by atoms with van der Waals surface area (Å²) in [4.78, 5) is 0. The van der Waals surface area contributed by atoms with E-state index in [-0.39, 0.29) is 6.04 Å². The molecule has 0 aromatic heterocycles. The van der Waals surface area contributed by atoms with Crippen LogP contribution in [0.1, 0.15) is 31.2 Å². The van der Waals surface area contributed by atoms with Crippen molar-refractivity contribution in [2.75, 3.05) is 7.11 Å². The molecule has 1 aromatic rings. The molecule has 0 spiro atoms. The SMILES string of the molecule is COc1ccc(CCC(N)C2CC3CCC2O3)cc1. The van der Waals surface area contributed by atoms with Gasteiger partial charge in [-0.3, -0.25) is 0 Å². The summed E-state index contributed by atoms with van der Waals surface area (Å²) in [5, 5.41) is 0. The summed E-state index contributed by atoms with van der Waals surface area (Å²) in [5.41, 5.74) is 7.70. The van der Waals surface area contributed by atoms with Gasteiger partial charge in [-0.25, -0.2) is 0 Å². The van der Waals surface area contributed by atoms with Crippen LogP contribution in [0.2, 0.25) is 0 Å². The maximum absolute atomic E-state index is 6.36. The number of hydrogen-bond acceptors (Lipinski definition) is 3. The number of hydrogen-bond donors (Lipinski definition) is 1. The molecule has 2 N–H and O–H groups in total. The van der Waals surface area contributed by atoms with Crippen molar-refractivity contribution < 1.29 is 9.47 Å². The van der Waals surface area contributed by atoms with Crippen LogP contribution in [0.5, 0.6) is 5.75 Å². The Kier molecular flexibility index (Phi) is 3.76. The Bertz CT molecular complexity index is 417. The predicted octanol–water partition coefficient (Wildman–Crippen LogP) is 2.52. The first-order chi connectivity index (χ1) is 9.26. The Morgan fingerprint density at radius 3 is 2.68 bits per heavy atom. The van der Waals surface area contributed by atoms with Gasteiger partial charge in [0.15, 0.2) is 0 Å². The lowest BCUT2D eigenvalue weighted by molar-refractivity contribution is 0.0879. The third kappa shape index (κ3) is 2.77. The summed E-state index contributed by atoms with van der Waals surface area (Å²) in [5.74, 6) is 1.49. The lowest BCUT2D eigenvalue weighted by Crippen LogP contribution is -2.36. The van der Waals surface area contributed by atoms with Crippen LogP contribution in [0.15, 0.2) is 24.3 Å². The van der Waals surface area contributed by atoms with Crippen molar-refractivity contribution in [1.82, 2.24) is 0 Å². The highest BCUT2D eigenvalue weighted by molar-refractivity contribution is 5.27. The highest BCUT2D eigenvalue weighted by Gasteiger charge is 2.42. The van der Waals surface area contributed by atoms with E-state index in [1.54, 1.807) is 7.11 Å². The molecule has 2 bridgehead atoms. The monoisotopic (exact) mass is 261 g/mol. The number of rotatable bonds is 5. The van der Waals surface area contributed by atoms with E-state index in [0.717, 1.165) is 18.6 Å². The van der Waals surface area contributed by atoms with E-state index >= 15 is 0 Å². The second-order valence-electron chi connectivity index (χ2n) is 5.82. The van der Waals surface area contributed by atoms with Gasteiger partial charge in [0.05, 0.1) is 19.3 Å². The van der Waals surface area contributed by atoms with Crippen LogP contribution < -0.4 is 10.5 Å². The molecule has 2 fully saturated rings. The second-order valence-corrected chi connectivity index (χ2v) is 5.82. The average Bonchev–Trinajstić information content (AvgIpc) is 3.08. The molecule has 2 heterocycles. The first kappa shape index (κ1) is 12.9. The molecule has 4 atom stereocenters. The third-order valence-corrected chi connectivity index (χ3v) is 4.63. The zero-order chi connectivity index (χ0) is 13.2. The number of ether oxygens (including phenoxy) is 2. The van der Waals surface area contributed by atoms with Crippen molar-refractivity contribution in [3.63, 3.8) is 0 Å². The molecule has 4 unspecified atom stereocenters. The van der Waals surface area contributed by atoms with Crippen molar-refractivity contribution in [2.24, 2.45) is 11.7 Å². The number of benzene rings is 1. The van der Waals surface area contributed by atoms with Gasteiger partial charge in [-0.2, -0.15) is 0 Å². The van der Waals surface area contributed by atoms with Crippen molar-refractivity contribution in [2.45, 2.75) is 50.4 Å². The van der Waals surface area contributed by atoms with E-state index in [9.17, 15) is 0 Å². The minimum Gasteiger partial charge on any atom is -0.497 e. The van der Waals surface area contributed by atoms with Crippen LogP contribution in [0, 0.1) is 5.92 Å². The molecule has 1 aromatic carbocycles. The predicted molar refractivity (Wildman–Crippen MR) is 75.3 cm³/mol. The van der Waals surface area contributed by atoms with Gasteiger partial charge >= 0.3 is 0 Å². The molecule has 2 saturated heterocycles. The summed E-state index contributed by atoms with van der Waals surface area (Å²) >= 11 is 0. The van der Waals surface area contributed by atoms with Crippen molar-refractivity contribution in [3.8, 4) is 5.75 Å². The number of aryl methyl sites for hydroxylation is 1. The molecular weight excluding hydrogens is 238 g/mol. The molecule has 0 aliphatic carbocycles. The molecular formula is C16H23NO2. The fourth-order valence-electron chi connectivity index (χ4n) is 3.47. The summed E-state index contributed by atoms with van der Waals surface area (Å²) in [6.45, 7) is 0. The van der Waals surface area contributed by atoms with Gasteiger partial charge in [0.25, 0.3) is 0 Å². The van der Waals surface area contributed by atoms with Gasteiger partial charge < -0.3 is 15.2 Å². The fourth-order valence-corrected chi connectivity index (χ4v) is 3.47. The number of fused-ring (bicyclic) bond motifs is 2. The molecule has 3 rings (SSSR count). The lowest BCUT2D eigenvalue weighted by atomic mass is 9.82. The topological polar surface area (TPSA) is 44.5 Å². The van der Waals surface area contributed by atoms with Gasteiger partial charge in [-0.15, -0.1) is 0 Å². The highest BCUT2D eigenvalue weighted by Crippen LogP contribution is 2.40. The van der Waals surface area contributed by atoms with Crippen LogP contribution >= 0.6 is 0 Å². The highest BCUT2D eigenvalue weighted by atomic mass is 16.5. The first-order valence-electron chi connectivity index (χ1n) is 7.30. The normalized spacial score (nSPS) is 30.5. The summed E-state index contributed by atoms with van der Waals surface area (Å²) in [7, 11) is 1.69. The Morgan fingerprint density at radius 1 is 1.32 bits per heavy atom. The Hall–Kier alpha value is -1.06. The summed E-state index contributed by atoms with van der Waals surface area (Å²) < 4.78 is 11.1. The van der Waals surface area contributed by atoms with Crippen LogP contribution in [-0.4, -0.2) is 25.4 Å². The Balaban J connectivity index is 1.51. The quantitative estimate of drug-likeness (QED) is 0.885. The van der Waals surface area contributed by atoms with E-state index in [0.29, 0.717) is 18.1 Å². The standard InChI is InChI=1S/C16H23NO2/c1-18-12-5-2-11(3-6-12)4-8-15(17)14-10-13-7-9-16(14)19-13/h2-3,5-6,13-16H,4,7-10,17H2,1H3. The summed E-state index contributed by atoms with van der Waals surface area (Å²) in [6.07, 6.45) is 6.66. The second kappa shape index (κ2) is 5.51. The van der Waals surface area contributed by atoms with Gasteiger partial charge in [0, 0.05) is 12.0 Å². The molecule has 2 aliphatic rings. The van der Waals surface area contributed by atoms with Crippen LogP contribution in [-0.2, 0) is 11.2 Å². The molecule has 3 heteroatoms. The molecule has 19 heavy (non-hydrogen) atoms. The van der Waals surface area contributed by atoms with Gasteiger partial charge in [0.1, 0.15) is 5.75 Å². The molecule has 2 aliphatic heterocycles. The molecule has 0 radical (unpaired) electrons. The van der Waals surface area contributed by atoms with E-state index in [4.69, 9.17) is 15.2 Å². The molecule has 104 valence electrons. The van der Waals surface area contributed by atoms with Crippen molar-refractivity contribution in [3.05, 3.63) is 29.8 Å². The molecule has 3 nitrogen and oxygen atoms in total. The van der Waals surface area contributed by atoms with E-state index in [1.807, 2.05) is 12.1 Å². The lowest BCUT2D eigenvalue weighted by Gasteiger charge is -2.25. The third-order valence-electron chi connectivity index (χ3n) is 4.63. The Morgan fingerprint density at radius 2 is 2.11 bits per heavy atom. The van der Waals surface area contributed by atoms with Crippen molar-refractivity contribution in [1.29, 1.82) is 0 Å².